The van der Waals surface area contributed by atoms with Gasteiger partial charge in [-0.05, 0) is 39.0 Å². The zero-order valence-electron chi connectivity index (χ0n) is 9.34. The van der Waals surface area contributed by atoms with Crippen LogP contribution in [0.2, 0.25) is 0 Å². The minimum Gasteiger partial charge on any atom is -0.316 e. The highest BCUT2D eigenvalue weighted by Gasteiger charge is 1.95. The van der Waals surface area contributed by atoms with Crippen molar-refractivity contribution in [1.82, 2.24) is 10.2 Å². The molecule has 0 aliphatic carbocycles. The molecular weight excluding hydrogens is 160 g/mol. The molecular formula is C11H24N2. The first-order valence-electron chi connectivity index (χ1n) is 5.17. The van der Waals surface area contributed by atoms with E-state index in [1.54, 1.807) is 0 Å². The third-order valence-corrected chi connectivity index (χ3v) is 1.89. The van der Waals surface area contributed by atoms with Gasteiger partial charge < -0.3 is 10.2 Å². The summed E-state index contributed by atoms with van der Waals surface area (Å²) in [6.07, 6.45) is 3.17. The first-order valence-corrected chi connectivity index (χ1v) is 5.17. The molecule has 78 valence electrons. The fourth-order valence-corrected chi connectivity index (χ4v) is 1.18. The van der Waals surface area contributed by atoms with Crippen LogP contribution in [-0.4, -0.2) is 38.1 Å². The Morgan fingerprint density at radius 3 is 2.69 bits per heavy atom. The molecule has 13 heavy (non-hydrogen) atoms. The lowest BCUT2D eigenvalue weighted by Crippen LogP contribution is -2.26. The van der Waals surface area contributed by atoms with Crippen LogP contribution in [0.4, 0.5) is 0 Å². The predicted octanol–water partition coefficient (Wildman–Crippen LogP) is 1.74. The quantitative estimate of drug-likeness (QED) is 0.456. The first-order chi connectivity index (χ1) is 6.16. The van der Waals surface area contributed by atoms with Crippen LogP contribution >= 0.6 is 0 Å². The number of hydrogen-bond donors (Lipinski definition) is 1. The van der Waals surface area contributed by atoms with Crippen LogP contribution in [0.15, 0.2) is 12.7 Å². The number of nitrogens with zero attached hydrogens (tertiary/aromatic N) is 1. The Labute approximate surface area is 83.0 Å². The lowest BCUT2D eigenvalue weighted by atomic mass is 10.2. The largest absolute Gasteiger partial charge is 0.316 e. The van der Waals surface area contributed by atoms with Gasteiger partial charge in [0.05, 0.1) is 0 Å². The zero-order chi connectivity index (χ0) is 10.1. The maximum atomic E-state index is 3.71. The lowest BCUT2D eigenvalue weighted by molar-refractivity contribution is 0.358. The molecule has 0 amide bonds. The molecule has 0 radical (unpaired) electrons. The zero-order valence-corrected chi connectivity index (χ0v) is 9.34. The van der Waals surface area contributed by atoms with Gasteiger partial charge in [0.15, 0.2) is 0 Å². The Morgan fingerprint density at radius 1 is 1.46 bits per heavy atom. The van der Waals surface area contributed by atoms with Crippen molar-refractivity contribution in [1.29, 1.82) is 0 Å². The molecule has 2 heteroatoms. The van der Waals surface area contributed by atoms with Crippen LogP contribution in [-0.2, 0) is 0 Å². The lowest BCUT2D eigenvalue weighted by Gasteiger charge is -2.14. The molecule has 0 aromatic carbocycles. The van der Waals surface area contributed by atoms with E-state index >= 15 is 0 Å². The predicted molar refractivity (Wildman–Crippen MR) is 60.0 cm³/mol. The van der Waals surface area contributed by atoms with Crippen molar-refractivity contribution < 1.29 is 0 Å². The average Bonchev–Trinajstić information content (AvgIpc) is 2.03. The fraction of sp³-hybridized carbons (Fsp3) is 0.818. The molecule has 0 saturated heterocycles. The van der Waals surface area contributed by atoms with Crippen LogP contribution in [0.25, 0.3) is 0 Å². The summed E-state index contributed by atoms with van der Waals surface area (Å²) >= 11 is 0. The summed E-state index contributed by atoms with van der Waals surface area (Å²) in [5.41, 5.74) is 0. The van der Waals surface area contributed by atoms with Gasteiger partial charge in [-0.3, -0.25) is 0 Å². The Hall–Kier alpha value is -0.340. The van der Waals surface area contributed by atoms with Crippen LogP contribution in [0.5, 0.6) is 0 Å². The van der Waals surface area contributed by atoms with E-state index in [0.29, 0.717) is 0 Å². The second kappa shape index (κ2) is 8.27. The van der Waals surface area contributed by atoms with Crippen LogP contribution < -0.4 is 5.32 Å². The van der Waals surface area contributed by atoms with Crippen molar-refractivity contribution in [3.63, 3.8) is 0 Å². The molecule has 0 bridgehead atoms. The highest BCUT2D eigenvalue weighted by Crippen LogP contribution is 1.89. The van der Waals surface area contributed by atoms with Crippen LogP contribution in [0.1, 0.15) is 20.3 Å². The van der Waals surface area contributed by atoms with Gasteiger partial charge in [0.25, 0.3) is 0 Å². The molecule has 1 N–H and O–H groups in total. The van der Waals surface area contributed by atoms with Gasteiger partial charge in [-0.25, -0.2) is 0 Å². The van der Waals surface area contributed by atoms with Gasteiger partial charge >= 0.3 is 0 Å². The van der Waals surface area contributed by atoms with E-state index in [1.807, 2.05) is 6.08 Å². The summed E-state index contributed by atoms with van der Waals surface area (Å²) in [4.78, 5) is 2.28. The topological polar surface area (TPSA) is 15.3 Å². The number of hydrogen-bond acceptors (Lipinski definition) is 2. The molecule has 2 nitrogen and oxygen atoms in total. The molecule has 0 aliphatic rings. The van der Waals surface area contributed by atoms with E-state index in [2.05, 4.69) is 37.7 Å². The molecule has 0 aliphatic heterocycles. The van der Waals surface area contributed by atoms with E-state index in [0.717, 1.165) is 32.1 Å². The molecule has 0 aromatic heterocycles. The summed E-state index contributed by atoms with van der Waals surface area (Å²) in [5, 5.41) is 3.43. The van der Waals surface area contributed by atoms with Crippen LogP contribution in [0.3, 0.4) is 0 Å². The van der Waals surface area contributed by atoms with Gasteiger partial charge in [0.1, 0.15) is 0 Å². The summed E-state index contributed by atoms with van der Waals surface area (Å²) < 4.78 is 0. The van der Waals surface area contributed by atoms with E-state index in [-0.39, 0.29) is 0 Å². The second-order valence-electron chi connectivity index (χ2n) is 4.00. The number of rotatable bonds is 8. The normalized spacial score (nSPS) is 11.2. The van der Waals surface area contributed by atoms with Gasteiger partial charge in [-0.15, -0.1) is 6.58 Å². The number of likely N-dealkylation sites (N-methyl/N-ethyl adjacent to an activating group) is 1. The Morgan fingerprint density at radius 2 is 2.15 bits per heavy atom. The smallest absolute Gasteiger partial charge is 0.0157 e. The van der Waals surface area contributed by atoms with E-state index in [9.17, 15) is 0 Å². The summed E-state index contributed by atoms with van der Waals surface area (Å²) in [5.74, 6) is 0.755. The minimum absolute atomic E-state index is 0.755. The van der Waals surface area contributed by atoms with Gasteiger partial charge in [0.2, 0.25) is 0 Å². The van der Waals surface area contributed by atoms with Crippen molar-refractivity contribution >= 4 is 0 Å². The molecule has 0 fully saturated rings. The standard InChI is InChI=1S/C11H24N2/c1-5-8-13(4)9-6-7-12-10-11(2)3/h5,11-12H,1,6-10H2,2-4H3. The maximum absolute atomic E-state index is 3.71. The van der Waals surface area contributed by atoms with Gasteiger partial charge in [-0.2, -0.15) is 0 Å². The second-order valence-corrected chi connectivity index (χ2v) is 4.00. The van der Waals surface area contributed by atoms with Gasteiger partial charge in [-0.1, -0.05) is 19.9 Å². The maximum Gasteiger partial charge on any atom is 0.0157 e. The van der Waals surface area contributed by atoms with Crippen molar-refractivity contribution in [2.24, 2.45) is 5.92 Å². The van der Waals surface area contributed by atoms with E-state index in [1.165, 1.54) is 6.42 Å². The Kier molecular flexibility index (Phi) is 8.05. The minimum atomic E-state index is 0.755. The molecule has 0 spiro atoms. The van der Waals surface area contributed by atoms with Crippen LogP contribution in [0, 0.1) is 5.92 Å². The van der Waals surface area contributed by atoms with E-state index in [4.69, 9.17) is 0 Å². The fourth-order valence-electron chi connectivity index (χ4n) is 1.18. The average molecular weight is 184 g/mol. The molecule has 0 aromatic rings. The third kappa shape index (κ3) is 9.57. The Bertz CT molecular complexity index is 121. The summed E-state index contributed by atoms with van der Waals surface area (Å²) in [6, 6.07) is 0. The number of nitrogens with one attached hydrogen (secondary N) is 1. The SMILES string of the molecule is C=CCN(C)CCCNCC(C)C. The molecule has 0 saturated carbocycles. The third-order valence-electron chi connectivity index (χ3n) is 1.89. The highest BCUT2D eigenvalue weighted by atomic mass is 15.1. The van der Waals surface area contributed by atoms with Crippen molar-refractivity contribution in [3.8, 4) is 0 Å². The first kappa shape index (κ1) is 12.7. The highest BCUT2D eigenvalue weighted by molar-refractivity contribution is 4.71. The van der Waals surface area contributed by atoms with Crippen molar-refractivity contribution in [2.75, 3.05) is 33.2 Å². The summed E-state index contributed by atoms with van der Waals surface area (Å²) in [7, 11) is 2.13. The molecule has 0 heterocycles. The van der Waals surface area contributed by atoms with Crippen molar-refractivity contribution in [2.45, 2.75) is 20.3 Å². The molecule has 0 rings (SSSR count). The van der Waals surface area contributed by atoms with Crippen molar-refractivity contribution in [3.05, 3.63) is 12.7 Å². The Balaban J connectivity index is 3.11. The van der Waals surface area contributed by atoms with Gasteiger partial charge in [0, 0.05) is 6.54 Å². The molecule has 0 unspecified atom stereocenters. The molecule has 0 atom stereocenters. The summed E-state index contributed by atoms with van der Waals surface area (Å²) in [6.45, 7) is 12.6. The monoisotopic (exact) mass is 184 g/mol. The van der Waals surface area contributed by atoms with E-state index < -0.39 is 0 Å².